The van der Waals surface area contributed by atoms with E-state index in [1.165, 1.54) is 12.1 Å². The summed E-state index contributed by atoms with van der Waals surface area (Å²) in [4.78, 5) is 12.0. The highest BCUT2D eigenvalue weighted by Gasteiger charge is 2.26. The zero-order chi connectivity index (χ0) is 18.0. The number of carbonyl (C=O) groups excluding carboxylic acids is 1. The number of ether oxygens (including phenoxy) is 2. The number of phenolic OH excluding ortho intramolecular Hbond substituents is 3. The molecular formula is C19H20O6. The molecule has 3 rings (SSSR count). The van der Waals surface area contributed by atoms with Crippen LogP contribution < -0.4 is 4.74 Å². The van der Waals surface area contributed by atoms with Gasteiger partial charge in [-0.2, -0.15) is 0 Å². The molecule has 132 valence electrons. The molecule has 6 nitrogen and oxygen atoms in total. The van der Waals surface area contributed by atoms with E-state index in [1.807, 2.05) is 13.0 Å². The van der Waals surface area contributed by atoms with Crippen molar-refractivity contribution in [3.8, 4) is 23.0 Å². The van der Waals surface area contributed by atoms with Gasteiger partial charge in [0.1, 0.15) is 24.2 Å². The third kappa shape index (κ3) is 3.63. The van der Waals surface area contributed by atoms with Crippen LogP contribution in [0.5, 0.6) is 23.0 Å². The Morgan fingerprint density at radius 2 is 1.96 bits per heavy atom. The number of rotatable bonds is 5. The topological polar surface area (TPSA) is 96.2 Å². The maximum atomic E-state index is 12.0. The first-order valence-corrected chi connectivity index (χ1v) is 8.18. The molecule has 1 unspecified atom stereocenters. The highest BCUT2D eigenvalue weighted by molar-refractivity contribution is 5.90. The molecular weight excluding hydrogens is 324 g/mol. The highest BCUT2D eigenvalue weighted by atomic mass is 16.6. The molecule has 1 heterocycles. The van der Waals surface area contributed by atoms with Crippen LogP contribution in [0.1, 0.15) is 34.8 Å². The summed E-state index contributed by atoms with van der Waals surface area (Å²) < 4.78 is 11.0. The van der Waals surface area contributed by atoms with Gasteiger partial charge in [0.25, 0.3) is 0 Å². The van der Waals surface area contributed by atoms with E-state index in [0.29, 0.717) is 12.2 Å². The molecule has 0 fully saturated rings. The third-order valence-electron chi connectivity index (χ3n) is 4.13. The molecule has 25 heavy (non-hydrogen) atoms. The van der Waals surface area contributed by atoms with E-state index in [0.717, 1.165) is 30.0 Å². The van der Waals surface area contributed by atoms with Crippen molar-refractivity contribution >= 4 is 5.97 Å². The number of aryl methyl sites for hydroxylation is 1. The predicted molar refractivity (Wildman–Crippen MR) is 90.3 cm³/mol. The Labute approximate surface area is 145 Å². The molecule has 2 aromatic carbocycles. The fraction of sp³-hybridized carbons (Fsp3) is 0.316. The summed E-state index contributed by atoms with van der Waals surface area (Å²) in [6.45, 7) is 2.09. The average molecular weight is 344 g/mol. The minimum absolute atomic E-state index is 0.0546. The Morgan fingerprint density at radius 3 is 2.68 bits per heavy atom. The second-order valence-corrected chi connectivity index (χ2v) is 6.08. The Bertz CT molecular complexity index is 799. The number of hydrogen-bond donors (Lipinski definition) is 3. The summed E-state index contributed by atoms with van der Waals surface area (Å²) in [7, 11) is 0. The smallest absolute Gasteiger partial charge is 0.338 e. The van der Waals surface area contributed by atoms with Gasteiger partial charge in [-0.3, -0.25) is 0 Å². The van der Waals surface area contributed by atoms with Gasteiger partial charge in [-0.15, -0.1) is 0 Å². The van der Waals surface area contributed by atoms with E-state index in [9.17, 15) is 20.1 Å². The largest absolute Gasteiger partial charge is 0.508 e. The first-order chi connectivity index (χ1) is 12.0. The van der Waals surface area contributed by atoms with Crippen LogP contribution in [-0.4, -0.2) is 34.0 Å². The van der Waals surface area contributed by atoms with Crippen molar-refractivity contribution in [1.82, 2.24) is 0 Å². The van der Waals surface area contributed by atoms with Gasteiger partial charge < -0.3 is 24.8 Å². The molecule has 0 spiro atoms. The lowest BCUT2D eigenvalue weighted by Gasteiger charge is -2.12. The Morgan fingerprint density at radius 1 is 1.16 bits per heavy atom. The summed E-state index contributed by atoms with van der Waals surface area (Å²) in [5.41, 5.74) is 1.88. The van der Waals surface area contributed by atoms with Crippen LogP contribution in [0.4, 0.5) is 0 Å². The van der Waals surface area contributed by atoms with E-state index in [2.05, 4.69) is 0 Å². The van der Waals surface area contributed by atoms with E-state index >= 15 is 0 Å². The second-order valence-electron chi connectivity index (χ2n) is 6.08. The van der Waals surface area contributed by atoms with E-state index in [4.69, 9.17) is 9.47 Å². The van der Waals surface area contributed by atoms with Crippen LogP contribution in [0.15, 0.2) is 30.3 Å². The Hall–Kier alpha value is -2.89. The molecule has 0 saturated carbocycles. The third-order valence-corrected chi connectivity index (χ3v) is 4.13. The van der Waals surface area contributed by atoms with Gasteiger partial charge in [0.2, 0.25) is 0 Å². The first-order valence-electron chi connectivity index (χ1n) is 8.18. The molecule has 0 aliphatic carbocycles. The summed E-state index contributed by atoms with van der Waals surface area (Å²) >= 11 is 0. The minimum atomic E-state index is -0.607. The van der Waals surface area contributed by atoms with Crippen LogP contribution in [-0.2, 0) is 17.6 Å². The van der Waals surface area contributed by atoms with Crippen LogP contribution in [0.3, 0.4) is 0 Å². The number of benzene rings is 2. The van der Waals surface area contributed by atoms with Crippen LogP contribution in [0.25, 0.3) is 0 Å². The fourth-order valence-electron chi connectivity index (χ4n) is 2.85. The predicted octanol–water partition coefficient (Wildman–Crippen LogP) is 2.92. The number of aromatic hydroxyl groups is 3. The van der Waals surface area contributed by atoms with E-state index in [1.54, 1.807) is 6.07 Å². The number of phenols is 3. The molecule has 1 aliphatic heterocycles. The summed E-state index contributed by atoms with van der Waals surface area (Å²) in [5, 5.41) is 28.7. The van der Waals surface area contributed by atoms with E-state index in [-0.39, 0.29) is 35.5 Å². The van der Waals surface area contributed by atoms with Crippen molar-refractivity contribution in [2.45, 2.75) is 32.3 Å². The molecule has 0 radical (unpaired) electrons. The van der Waals surface area contributed by atoms with Gasteiger partial charge in [0.15, 0.2) is 11.5 Å². The summed E-state index contributed by atoms with van der Waals surface area (Å²) in [6, 6.07) is 7.30. The lowest BCUT2D eigenvalue weighted by atomic mass is 10.0. The average Bonchev–Trinajstić information content (AvgIpc) is 2.97. The van der Waals surface area contributed by atoms with Crippen molar-refractivity contribution < 1.29 is 29.6 Å². The minimum Gasteiger partial charge on any atom is -0.508 e. The van der Waals surface area contributed by atoms with Gasteiger partial charge in [-0.05, 0) is 42.3 Å². The summed E-state index contributed by atoms with van der Waals surface area (Å²) in [6.07, 6.45) is 1.92. The molecule has 6 heteroatoms. The normalized spacial score (nSPS) is 15.5. The van der Waals surface area contributed by atoms with Crippen molar-refractivity contribution in [1.29, 1.82) is 0 Å². The lowest BCUT2D eigenvalue weighted by molar-refractivity contribution is 0.0346. The van der Waals surface area contributed by atoms with Crippen molar-refractivity contribution in [2.75, 3.05) is 6.61 Å². The van der Waals surface area contributed by atoms with E-state index < -0.39 is 5.97 Å². The van der Waals surface area contributed by atoms with Crippen molar-refractivity contribution in [2.24, 2.45) is 0 Å². The van der Waals surface area contributed by atoms with Gasteiger partial charge in [0, 0.05) is 12.0 Å². The van der Waals surface area contributed by atoms with Crippen LogP contribution in [0, 0.1) is 0 Å². The molecule has 2 aromatic rings. The zero-order valence-corrected chi connectivity index (χ0v) is 13.9. The van der Waals surface area contributed by atoms with Crippen LogP contribution in [0.2, 0.25) is 0 Å². The number of fused-ring (bicyclic) bond motifs is 1. The molecule has 0 amide bonds. The summed E-state index contributed by atoms with van der Waals surface area (Å²) in [5.74, 6) is -0.304. The Balaban J connectivity index is 1.61. The lowest BCUT2D eigenvalue weighted by Crippen LogP contribution is -2.22. The highest BCUT2D eigenvalue weighted by Crippen LogP contribution is 2.35. The van der Waals surface area contributed by atoms with Crippen LogP contribution >= 0.6 is 0 Å². The first kappa shape index (κ1) is 17.0. The van der Waals surface area contributed by atoms with Gasteiger partial charge >= 0.3 is 5.97 Å². The second kappa shape index (κ2) is 6.93. The monoisotopic (exact) mass is 344 g/mol. The zero-order valence-electron chi connectivity index (χ0n) is 13.9. The quantitative estimate of drug-likeness (QED) is 0.570. The number of carbonyl (C=O) groups is 1. The molecule has 1 aliphatic rings. The van der Waals surface area contributed by atoms with Gasteiger partial charge in [-0.25, -0.2) is 4.79 Å². The van der Waals surface area contributed by atoms with Gasteiger partial charge in [0.05, 0.1) is 5.56 Å². The number of esters is 1. The molecule has 1 atom stereocenters. The van der Waals surface area contributed by atoms with Crippen molar-refractivity contribution in [3.05, 3.63) is 47.0 Å². The Kier molecular flexibility index (Phi) is 4.70. The number of hydrogen-bond acceptors (Lipinski definition) is 6. The molecule has 0 aromatic heterocycles. The molecule has 0 saturated heterocycles. The maximum absolute atomic E-state index is 12.0. The SMILES string of the molecule is CCCc1cc2c(cc1O)CC(COC(=O)c1ccc(O)c(O)c1)O2. The van der Waals surface area contributed by atoms with Crippen molar-refractivity contribution in [3.63, 3.8) is 0 Å². The fourth-order valence-corrected chi connectivity index (χ4v) is 2.85. The maximum Gasteiger partial charge on any atom is 0.338 e. The molecule has 3 N–H and O–H groups in total. The van der Waals surface area contributed by atoms with Gasteiger partial charge in [-0.1, -0.05) is 13.3 Å². The standard InChI is InChI=1S/C19H20O6/c1-2-3-11-9-18-13(8-16(11)21)6-14(25-18)10-24-19(23)12-4-5-15(20)17(22)7-12/h4-5,7-9,14,20-22H,2-3,6,10H2,1H3. The molecule has 0 bridgehead atoms.